The van der Waals surface area contributed by atoms with E-state index < -0.39 is 11.7 Å². The number of aryl methyl sites for hydroxylation is 2. The topological polar surface area (TPSA) is 85.8 Å². The maximum Gasteiger partial charge on any atom is 0.259 e. The van der Waals surface area contributed by atoms with E-state index in [-0.39, 0.29) is 11.4 Å². The van der Waals surface area contributed by atoms with Crippen molar-refractivity contribution in [3.8, 4) is 0 Å². The number of carbonyl (C=O) groups is 1. The molecule has 0 saturated carbocycles. The van der Waals surface area contributed by atoms with Crippen LogP contribution in [-0.4, -0.2) is 20.7 Å². The molecule has 2 rings (SSSR count). The molecule has 2 aromatic heterocycles. The zero-order valence-corrected chi connectivity index (χ0v) is 9.94. The molecule has 0 radical (unpaired) electrons. The second-order valence-electron chi connectivity index (χ2n) is 3.84. The number of aromatic nitrogens is 3. The zero-order chi connectivity index (χ0) is 13.3. The van der Waals surface area contributed by atoms with Crippen molar-refractivity contribution < 1.29 is 9.18 Å². The van der Waals surface area contributed by atoms with Crippen molar-refractivity contribution in [1.29, 1.82) is 0 Å². The molecule has 0 saturated heterocycles. The summed E-state index contributed by atoms with van der Waals surface area (Å²) < 4.78 is 14.6. The lowest BCUT2D eigenvalue weighted by Gasteiger charge is -2.05. The number of nitrogens with one attached hydrogen (secondary N) is 1. The van der Waals surface area contributed by atoms with E-state index in [0.717, 1.165) is 12.3 Å². The van der Waals surface area contributed by atoms with Gasteiger partial charge in [-0.3, -0.25) is 9.48 Å². The van der Waals surface area contributed by atoms with Crippen molar-refractivity contribution >= 4 is 17.4 Å². The monoisotopic (exact) mass is 249 g/mol. The molecule has 0 atom stereocenters. The number of nitrogens with zero attached hydrogens (tertiary/aromatic N) is 3. The zero-order valence-electron chi connectivity index (χ0n) is 9.94. The highest BCUT2D eigenvalue weighted by molar-refractivity contribution is 6.07. The Morgan fingerprint density at radius 1 is 1.56 bits per heavy atom. The van der Waals surface area contributed by atoms with E-state index in [1.165, 1.54) is 0 Å². The van der Waals surface area contributed by atoms with Crippen molar-refractivity contribution in [2.45, 2.75) is 6.92 Å². The molecule has 0 aromatic carbocycles. The normalized spacial score (nSPS) is 10.4. The molecular formula is C11H12FN5O. The summed E-state index contributed by atoms with van der Waals surface area (Å²) in [5, 5.41) is 6.69. The molecule has 0 aliphatic heterocycles. The molecule has 0 fully saturated rings. The lowest BCUT2D eigenvalue weighted by Crippen LogP contribution is -2.15. The summed E-state index contributed by atoms with van der Waals surface area (Å²) in [5.74, 6) is -1.15. The summed E-state index contributed by atoms with van der Waals surface area (Å²) in [6, 6.07) is 1.05. The van der Waals surface area contributed by atoms with Crippen LogP contribution in [0.3, 0.4) is 0 Å². The fraction of sp³-hybridized carbons (Fsp3) is 0.182. The first-order valence-electron chi connectivity index (χ1n) is 5.20. The van der Waals surface area contributed by atoms with Crippen LogP contribution in [-0.2, 0) is 7.05 Å². The molecule has 0 aliphatic carbocycles. The lowest BCUT2D eigenvalue weighted by atomic mass is 10.2. The Hall–Kier alpha value is -2.44. The van der Waals surface area contributed by atoms with Crippen LogP contribution < -0.4 is 11.1 Å². The minimum Gasteiger partial charge on any atom is -0.383 e. The summed E-state index contributed by atoms with van der Waals surface area (Å²) in [6.07, 6.45) is 2.61. The first-order chi connectivity index (χ1) is 8.47. The Kier molecular flexibility index (Phi) is 2.97. The smallest absolute Gasteiger partial charge is 0.259 e. The summed E-state index contributed by atoms with van der Waals surface area (Å²) in [5.41, 5.74) is 6.73. The van der Waals surface area contributed by atoms with Gasteiger partial charge in [0.05, 0.1) is 23.1 Å². The van der Waals surface area contributed by atoms with Crippen LogP contribution in [0.4, 0.5) is 15.9 Å². The van der Waals surface area contributed by atoms with Gasteiger partial charge >= 0.3 is 0 Å². The summed E-state index contributed by atoms with van der Waals surface area (Å²) >= 11 is 0. The summed E-state index contributed by atoms with van der Waals surface area (Å²) in [4.78, 5) is 15.5. The number of hydrogen-bond donors (Lipinski definition) is 2. The van der Waals surface area contributed by atoms with E-state index in [1.807, 2.05) is 0 Å². The molecule has 0 aliphatic rings. The number of rotatable bonds is 2. The predicted octanol–water partition coefficient (Wildman–Crippen LogP) is 1.10. The Bertz CT molecular complexity index is 607. The molecule has 0 spiro atoms. The third-order valence-corrected chi connectivity index (χ3v) is 2.39. The van der Waals surface area contributed by atoms with E-state index in [0.29, 0.717) is 11.4 Å². The second kappa shape index (κ2) is 4.44. The number of anilines is 2. The van der Waals surface area contributed by atoms with E-state index in [9.17, 15) is 9.18 Å². The Balaban J connectivity index is 2.27. The minimum atomic E-state index is -0.614. The van der Waals surface area contributed by atoms with Crippen molar-refractivity contribution in [2.24, 2.45) is 7.05 Å². The molecule has 2 aromatic rings. The Labute approximate surface area is 103 Å². The van der Waals surface area contributed by atoms with Gasteiger partial charge in [-0.2, -0.15) is 5.10 Å². The first kappa shape index (κ1) is 12.0. The fourth-order valence-corrected chi connectivity index (χ4v) is 1.54. The number of halogens is 1. The summed E-state index contributed by atoms with van der Waals surface area (Å²) in [6.45, 7) is 1.75. The maximum atomic E-state index is 13.0. The number of nitrogen functional groups attached to an aromatic ring is 1. The summed E-state index contributed by atoms with van der Waals surface area (Å²) in [7, 11) is 1.74. The third-order valence-electron chi connectivity index (χ3n) is 2.39. The third kappa shape index (κ3) is 2.29. The molecule has 0 bridgehead atoms. The van der Waals surface area contributed by atoms with Crippen LogP contribution in [0.25, 0.3) is 0 Å². The van der Waals surface area contributed by atoms with E-state index in [4.69, 9.17) is 5.73 Å². The molecule has 94 valence electrons. The molecular weight excluding hydrogens is 237 g/mol. The van der Waals surface area contributed by atoms with Gasteiger partial charge in [0.2, 0.25) is 0 Å². The number of carbonyl (C=O) groups excluding carboxylic acids is 1. The largest absolute Gasteiger partial charge is 0.383 e. The van der Waals surface area contributed by atoms with Gasteiger partial charge < -0.3 is 11.1 Å². The van der Waals surface area contributed by atoms with Gasteiger partial charge in [-0.15, -0.1) is 0 Å². The van der Waals surface area contributed by atoms with Crippen LogP contribution in [0.5, 0.6) is 0 Å². The fourth-order valence-electron chi connectivity index (χ4n) is 1.54. The molecule has 18 heavy (non-hydrogen) atoms. The SMILES string of the molecule is Cc1nn(C)cc1NC(=O)c1cc(F)cnc1N. The average molecular weight is 249 g/mol. The van der Waals surface area contributed by atoms with Gasteiger partial charge in [-0.1, -0.05) is 0 Å². The van der Waals surface area contributed by atoms with Gasteiger partial charge in [-0.25, -0.2) is 9.37 Å². The molecule has 6 nitrogen and oxygen atoms in total. The van der Waals surface area contributed by atoms with Crippen LogP contribution in [0.1, 0.15) is 16.1 Å². The molecule has 1 amide bonds. The van der Waals surface area contributed by atoms with Crippen LogP contribution >= 0.6 is 0 Å². The van der Waals surface area contributed by atoms with Gasteiger partial charge in [0.1, 0.15) is 11.6 Å². The van der Waals surface area contributed by atoms with E-state index in [1.54, 1.807) is 24.9 Å². The van der Waals surface area contributed by atoms with E-state index in [2.05, 4.69) is 15.4 Å². The number of amides is 1. The molecule has 0 unspecified atom stereocenters. The quantitative estimate of drug-likeness (QED) is 0.834. The lowest BCUT2D eigenvalue weighted by molar-refractivity contribution is 0.102. The number of pyridine rings is 1. The highest BCUT2D eigenvalue weighted by Gasteiger charge is 2.14. The Morgan fingerprint density at radius 3 is 2.89 bits per heavy atom. The van der Waals surface area contributed by atoms with Crippen molar-refractivity contribution in [3.63, 3.8) is 0 Å². The molecule has 7 heteroatoms. The van der Waals surface area contributed by atoms with Crippen LogP contribution in [0.2, 0.25) is 0 Å². The molecule has 3 N–H and O–H groups in total. The maximum absolute atomic E-state index is 13.0. The predicted molar refractivity (Wildman–Crippen MR) is 64.5 cm³/mol. The first-order valence-corrected chi connectivity index (χ1v) is 5.20. The number of hydrogen-bond acceptors (Lipinski definition) is 4. The van der Waals surface area contributed by atoms with Gasteiger partial charge in [0.25, 0.3) is 5.91 Å². The van der Waals surface area contributed by atoms with Crippen molar-refractivity contribution in [3.05, 3.63) is 35.5 Å². The van der Waals surface area contributed by atoms with Gasteiger partial charge in [-0.05, 0) is 13.0 Å². The van der Waals surface area contributed by atoms with Crippen molar-refractivity contribution in [1.82, 2.24) is 14.8 Å². The average Bonchev–Trinajstić information content (AvgIpc) is 2.61. The van der Waals surface area contributed by atoms with Crippen LogP contribution in [0, 0.1) is 12.7 Å². The second-order valence-corrected chi connectivity index (χ2v) is 3.84. The van der Waals surface area contributed by atoms with Gasteiger partial charge in [0, 0.05) is 13.2 Å². The van der Waals surface area contributed by atoms with Gasteiger partial charge in [0.15, 0.2) is 0 Å². The molecule has 2 heterocycles. The highest BCUT2D eigenvalue weighted by atomic mass is 19.1. The van der Waals surface area contributed by atoms with Crippen molar-refractivity contribution in [2.75, 3.05) is 11.1 Å². The minimum absolute atomic E-state index is 0.00162. The number of nitrogens with two attached hydrogens (primary N) is 1. The standard InChI is InChI=1S/C11H12FN5O/c1-6-9(5-17(2)16-6)15-11(18)8-3-7(12)4-14-10(8)13/h3-5H,1-2H3,(H2,13,14)(H,15,18). The van der Waals surface area contributed by atoms with Crippen LogP contribution in [0.15, 0.2) is 18.5 Å². The highest BCUT2D eigenvalue weighted by Crippen LogP contribution is 2.16. The van der Waals surface area contributed by atoms with E-state index >= 15 is 0 Å². The Morgan fingerprint density at radius 2 is 2.28 bits per heavy atom.